The van der Waals surface area contributed by atoms with E-state index in [0.717, 1.165) is 6.20 Å². The molecule has 0 aliphatic carbocycles. The number of nitrogens with zero attached hydrogens (tertiary/aromatic N) is 1. The second-order valence-electron chi connectivity index (χ2n) is 3.21. The second-order valence-corrected chi connectivity index (χ2v) is 4.38. The summed E-state index contributed by atoms with van der Waals surface area (Å²) in [7, 11) is 0. The lowest BCUT2D eigenvalue weighted by Gasteiger charge is -2.16. The maximum absolute atomic E-state index is 12.7. The van der Waals surface area contributed by atoms with Crippen LogP contribution in [0.5, 0.6) is 0 Å². The molecule has 0 unspecified atom stereocenters. The number of halogens is 6. The molecule has 1 heterocycles. The predicted octanol–water partition coefficient (Wildman–Crippen LogP) is 3.27. The Bertz CT molecular complexity index is 475. The van der Waals surface area contributed by atoms with Gasteiger partial charge in [0.2, 0.25) is 0 Å². The zero-order valence-electron chi connectivity index (χ0n) is 8.43. The average Bonchev–Trinajstić information content (AvgIpc) is 2.17. The zero-order valence-corrected chi connectivity index (χ0v) is 10.6. The van der Waals surface area contributed by atoms with E-state index in [-0.39, 0.29) is 3.57 Å². The molecule has 1 aromatic rings. The van der Waals surface area contributed by atoms with Crippen molar-refractivity contribution in [2.24, 2.45) is 0 Å². The SMILES string of the molecule is O=C(O)Cc1c(I)cnc(C(F)F)c1C(F)(F)F. The van der Waals surface area contributed by atoms with Crippen molar-refractivity contribution in [1.29, 1.82) is 0 Å². The Kier molecular flexibility index (Phi) is 4.46. The van der Waals surface area contributed by atoms with Gasteiger partial charge in [0, 0.05) is 9.77 Å². The molecule has 100 valence electrons. The molecule has 0 aromatic carbocycles. The van der Waals surface area contributed by atoms with Crippen LogP contribution in [-0.4, -0.2) is 16.1 Å². The van der Waals surface area contributed by atoms with Gasteiger partial charge in [0.15, 0.2) is 0 Å². The maximum Gasteiger partial charge on any atom is 0.418 e. The Morgan fingerprint density at radius 3 is 2.39 bits per heavy atom. The highest BCUT2D eigenvalue weighted by Gasteiger charge is 2.40. The zero-order chi connectivity index (χ0) is 14.1. The lowest BCUT2D eigenvalue weighted by Crippen LogP contribution is -2.18. The molecule has 0 saturated heterocycles. The number of pyridine rings is 1. The highest BCUT2D eigenvalue weighted by Crippen LogP contribution is 2.39. The van der Waals surface area contributed by atoms with Gasteiger partial charge in [0.25, 0.3) is 6.43 Å². The molecule has 0 amide bonds. The molecule has 0 fully saturated rings. The van der Waals surface area contributed by atoms with Gasteiger partial charge in [-0.2, -0.15) is 13.2 Å². The summed E-state index contributed by atoms with van der Waals surface area (Å²) >= 11 is 1.43. The topological polar surface area (TPSA) is 50.2 Å². The lowest BCUT2D eigenvalue weighted by atomic mass is 10.0. The molecule has 9 heteroatoms. The standard InChI is InChI=1S/C9H5F5INO2/c10-8(11)7-6(9(12,13)14)3(1-5(17)18)4(15)2-16-7/h2,8H,1H2,(H,17,18). The molecular formula is C9H5F5INO2. The van der Waals surface area contributed by atoms with Crippen molar-refractivity contribution in [2.75, 3.05) is 0 Å². The van der Waals surface area contributed by atoms with Gasteiger partial charge in [-0.25, -0.2) is 8.78 Å². The first-order valence-electron chi connectivity index (χ1n) is 4.39. The van der Waals surface area contributed by atoms with E-state index in [4.69, 9.17) is 5.11 Å². The number of alkyl halides is 5. The molecule has 0 aliphatic rings. The van der Waals surface area contributed by atoms with E-state index in [9.17, 15) is 26.7 Å². The Morgan fingerprint density at radius 1 is 1.44 bits per heavy atom. The van der Waals surface area contributed by atoms with Gasteiger partial charge in [-0.05, 0) is 28.2 Å². The Labute approximate surface area is 111 Å². The molecule has 0 atom stereocenters. The van der Waals surface area contributed by atoms with Gasteiger partial charge in [-0.1, -0.05) is 0 Å². The Hall–Kier alpha value is -1.00. The van der Waals surface area contributed by atoms with E-state index >= 15 is 0 Å². The van der Waals surface area contributed by atoms with Crippen LogP contribution in [0.4, 0.5) is 22.0 Å². The predicted molar refractivity (Wildman–Crippen MR) is 58.3 cm³/mol. The molecule has 0 bridgehead atoms. The van der Waals surface area contributed by atoms with Crippen molar-refractivity contribution in [2.45, 2.75) is 19.0 Å². The first-order valence-corrected chi connectivity index (χ1v) is 5.47. The van der Waals surface area contributed by atoms with Crippen LogP contribution in [0.25, 0.3) is 0 Å². The monoisotopic (exact) mass is 381 g/mol. The molecule has 1 N–H and O–H groups in total. The van der Waals surface area contributed by atoms with E-state index in [1.807, 2.05) is 0 Å². The first kappa shape index (κ1) is 15.1. The van der Waals surface area contributed by atoms with Crippen LogP contribution in [0.3, 0.4) is 0 Å². The summed E-state index contributed by atoms with van der Waals surface area (Å²) < 4.78 is 63.1. The van der Waals surface area contributed by atoms with Crippen LogP contribution in [0.15, 0.2) is 6.20 Å². The number of carboxylic acids is 1. The molecule has 1 aromatic heterocycles. The fourth-order valence-electron chi connectivity index (χ4n) is 1.35. The summed E-state index contributed by atoms with van der Waals surface area (Å²) in [6.07, 6.45) is -8.69. The first-order chi connectivity index (χ1) is 8.14. The number of carboxylic acid groups (broad SMARTS) is 1. The van der Waals surface area contributed by atoms with E-state index in [1.165, 1.54) is 22.6 Å². The minimum Gasteiger partial charge on any atom is -0.481 e. The fourth-order valence-corrected chi connectivity index (χ4v) is 1.95. The summed E-state index contributed by atoms with van der Waals surface area (Å²) in [6.45, 7) is 0. The third kappa shape index (κ3) is 3.27. The van der Waals surface area contributed by atoms with Crippen LogP contribution in [-0.2, 0) is 17.4 Å². The van der Waals surface area contributed by atoms with Crippen LogP contribution < -0.4 is 0 Å². The smallest absolute Gasteiger partial charge is 0.418 e. The van der Waals surface area contributed by atoms with Crippen molar-refractivity contribution >= 4 is 28.6 Å². The Balaban J connectivity index is 3.55. The minimum absolute atomic E-state index is 0.119. The number of hydrogen-bond donors (Lipinski definition) is 1. The number of rotatable bonds is 3. The summed E-state index contributed by atoms with van der Waals surface area (Å²) in [4.78, 5) is 13.5. The van der Waals surface area contributed by atoms with Gasteiger partial charge < -0.3 is 5.11 Å². The van der Waals surface area contributed by atoms with Crippen molar-refractivity contribution in [3.63, 3.8) is 0 Å². The van der Waals surface area contributed by atoms with Gasteiger partial charge in [-0.3, -0.25) is 9.78 Å². The van der Waals surface area contributed by atoms with Crippen LogP contribution in [0.2, 0.25) is 0 Å². The van der Waals surface area contributed by atoms with Crippen LogP contribution in [0, 0.1) is 3.57 Å². The maximum atomic E-state index is 12.7. The summed E-state index contributed by atoms with van der Waals surface area (Å²) in [5, 5.41) is 8.53. The average molecular weight is 381 g/mol. The largest absolute Gasteiger partial charge is 0.481 e. The number of aromatic nitrogens is 1. The van der Waals surface area contributed by atoms with Crippen molar-refractivity contribution in [1.82, 2.24) is 4.98 Å². The normalized spacial score (nSPS) is 11.9. The van der Waals surface area contributed by atoms with Crippen LogP contribution >= 0.6 is 22.6 Å². The molecule has 1 rings (SSSR count). The quantitative estimate of drug-likeness (QED) is 0.646. The third-order valence-electron chi connectivity index (χ3n) is 1.98. The molecular weight excluding hydrogens is 376 g/mol. The molecule has 0 saturated carbocycles. The minimum atomic E-state index is -5.08. The molecule has 3 nitrogen and oxygen atoms in total. The Morgan fingerprint density at radius 2 is 2.00 bits per heavy atom. The van der Waals surface area contributed by atoms with E-state index in [0.29, 0.717) is 0 Å². The molecule has 0 aliphatic heterocycles. The van der Waals surface area contributed by atoms with Crippen molar-refractivity contribution in [3.05, 3.63) is 26.6 Å². The van der Waals surface area contributed by atoms with Crippen LogP contribution in [0.1, 0.15) is 23.2 Å². The summed E-state index contributed by atoms with van der Waals surface area (Å²) in [6, 6.07) is 0. The van der Waals surface area contributed by atoms with E-state index in [2.05, 4.69) is 4.98 Å². The highest BCUT2D eigenvalue weighted by atomic mass is 127. The second kappa shape index (κ2) is 5.33. The van der Waals surface area contributed by atoms with Gasteiger partial charge >= 0.3 is 12.1 Å². The lowest BCUT2D eigenvalue weighted by molar-refractivity contribution is -0.141. The summed E-state index contributed by atoms with van der Waals surface area (Å²) in [5.41, 5.74) is -3.80. The number of carbonyl (C=O) groups is 1. The van der Waals surface area contributed by atoms with Crippen molar-refractivity contribution in [3.8, 4) is 0 Å². The number of hydrogen-bond acceptors (Lipinski definition) is 2. The fraction of sp³-hybridized carbons (Fsp3) is 0.333. The van der Waals surface area contributed by atoms with Crippen molar-refractivity contribution < 1.29 is 31.9 Å². The molecule has 0 radical (unpaired) electrons. The summed E-state index contributed by atoms with van der Waals surface area (Å²) in [5.74, 6) is -1.54. The highest BCUT2D eigenvalue weighted by molar-refractivity contribution is 14.1. The van der Waals surface area contributed by atoms with Gasteiger partial charge in [-0.15, -0.1) is 0 Å². The third-order valence-corrected chi connectivity index (χ3v) is 2.91. The van der Waals surface area contributed by atoms with Gasteiger partial charge in [0.1, 0.15) is 5.69 Å². The van der Waals surface area contributed by atoms with Gasteiger partial charge in [0.05, 0.1) is 12.0 Å². The van der Waals surface area contributed by atoms with E-state index < -0.39 is 41.8 Å². The number of aliphatic carboxylic acids is 1. The molecule has 18 heavy (non-hydrogen) atoms. The van der Waals surface area contributed by atoms with E-state index in [1.54, 1.807) is 0 Å². The molecule has 0 spiro atoms.